The minimum atomic E-state index is 0.466. The minimum Gasteiger partial charge on any atom is -0.485 e. The van der Waals surface area contributed by atoms with E-state index in [2.05, 4.69) is 31.3 Å². The highest BCUT2D eigenvalue weighted by Crippen LogP contribution is 2.21. The molecule has 18 heavy (non-hydrogen) atoms. The first kappa shape index (κ1) is 12.7. The second-order valence-corrected chi connectivity index (χ2v) is 4.46. The molecule has 3 nitrogen and oxygen atoms in total. The molecule has 0 aliphatic carbocycles. The Kier molecular flexibility index (Phi) is 4.05. The van der Waals surface area contributed by atoms with Gasteiger partial charge in [0.05, 0.1) is 6.26 Å². The predicted molar refractivity (Wildman–Crippen MR) is 71.7 cm³/mol. The van der Waals surface area contributed by atoms with E-state index in [9.17, 15) is 0 Å². The molecule has 0 aliphatic heterocycles. The van der Waals surface area contributed by atoms with E-state index in [0.717, 1.165) is 29.2 Å². The lowest BCUT2D eigenvalue weighted by Gasteiger charge is -2.09. The van der Waals surface area contributed by atoms with Crippen molar-refractivity contribution in [3.8, 4) is 5.75 Å². The van der Waals surface area contributed by atoms with Crippen LogP contribution in [0.3, 0.4) is 0 Å². The number of hydrogen-bond donors (Lipinski definition) is 1. The van der Waals surface area contributed by atoms with Crippen LogP contribution in [0.1, 0.15) is 22.5 Å². The van der Waals surface area contributed by atoms with Crippen molar-refractivity contribution in [2.24, 2.45) is 0 Å². The second-order valence-electron chi connectivity index (χ2n) is 4.46. The number of benzene rings is 1. The number of furan rings is 1. The Morgan fingerprint density at radius 1 is 1.22 bits per heavy atom. The summed E-state index contributed by atoms with van der Waals surface area (Å²) < 4.78 is 11.2. The molecule has 0 spiro atoms. The molecule has 1 aromatic heterocycles. The van der Waals surface area contributed by atoms with Gasteiger partial charge in [0.15, 0.2) is 0 Å². The van der Waals surface area contributed by atoms with Crippen LogP contribution in [0.15, 0.2) is 34.9 Å². The Bertz CT molecular complexity index is 517. The molecule has 0 amide bonds. The second kappa shape index (κ2) is 5.74. The highest BCUT2D eigenvalue weighted by molar-refractivity contribution is 5.35. The summed E-state index contributed by atoms with van der Waals surface area (Å²) in [5.41, 5.74) is 3.53. The summed E-state index contributed by atoms with van der Waals surface area (Å²) in [5.74, 6) is 1.79. The lowest BCUT2D eigenvalue weighted by atomic mass is 10.1. The SMILES string of the molecule is CNCc1ccoc1COc1ccc(C)cc1C. The molecule has 0 atom stereocenters. The van der Waals surface area contributed by atoms with E-state index >= 15 is 0 Å². The Morgan fingerprint density at radius 2 is 2.06 bits per heavy atom. The van der Waals surface area contributed by atoms with Gasteiger partial charge >= 0.3 is 0 Å². The molecule has 0 saturated carbocycles. The molecule has 2 aromatic rings. The molecule has 0 unspecified atom stereocenters. The molecule has 0 bridgehead atoms. The summed E-state index contributed by atoms with van der Waals surface area (Å²) in [6.45, 7) is 5.39. The summed E-state index contributed by atoms with van der Waals surface area (Å²) in [5, 5.41) is 3.11. The minimum absolute atomic E-state index is 0.466. The van der Waals surface area contributed by atoms with E-state index in [1.165, 1.54) is 5.56 Å². The Balaban J connectivity index is 2.04. The van der Waals surface area contributed by atoms with E-state index in [0.29, 0.717) is 6.61 Å². The van der Waals surface area contributed by atoms with Gasteiger partial charge < -0.3 is 14.5 Å². The largest absolute Gasteiger partial charge is 0.485 e. The number of ether oxygens (including phenoxy) is 1. The van der Waals surface area contributed by atoms with Crippen molar-refractivity contribution < 1.29 is 9.15 Å². The number of hydrogen-bond acceptors (Lipinski definition) is 3. The van der Waals surface area contributed by atoms with Crippen molar-refractivity contribution >= 4 is 0 Å². The van der Waals surface area contributed by atoms with Crippen LogP contribution >= 0.6 is 0 Å². The first-order valence-electron chi connectivity index (χ1n) is 6.10. The van der Waals surface area contributed by atoms with E-state index < -0.39 is 0 Å². The quantitative estimate of drug-likeness (QED) is 0.878. The number of rotatable bonds is 5. The van der Waals surface area contributed by atoms with Gasteiger partial charge in [0.1, 0.15) is 18.1 Å². The monoisotopic (exact) mass is 245 g/mol. The summed E-state index contributed by atoms with van der Waals surface area (Å²) >= 11 is 0. The first-order chi connectivity index (χ1) is 8.70. The molecule has 3 heteroatoms. The number of nitrogens with one attached hydrogen (secondary N) is 1. The Morgan fingerprint density at radius 3 is 2.78 bits per heavy atom. The van der Waals surface area contributed by atoms with Crippen LogP contribution in [0.5, 0.6) is 5.75 Å². The molecular weight excluding hydrogens is 226 g/mol. The van der Waals surface area contributed by atoms with Gasteiger partial charge in [-0.05, 0) is 38.6 Å². The third kappa shape index (κ3) is 2.93. The fraction of sp³-hybridized carbons (Fsp3) is 0.333. The number of aryl methyl sites for hydroxylation is 2. The van der Waals surface area contributed by atoms with Crippen LogP contribution in [0.2, 0.25) is 0 Å². The van der Waals surface area contributed by atoms with Crippen molar-refractivity contribution in [1.29, 1.82) is 0 Å². The van der Waals surface area contributed by atoms with Crippen LogP contribution in [0, 0.1) is 13.8 Å². The van der Waals surface area contributed by atoms with Crippen molar-refractivity contribution in [3.05, 3.63) is 53.0 Å². The molecule has 2 rings (SSSR count). The lowest BCUT2D eigenvalue weighted by Crippen LogP contribution is -2.07. The maximum Gasteiger partial charge on any atom is 0.146 e. The van der Waals surface area contributed by atoms with Gasteiger partial charge in [-0.2, -0.15) is 0 Å². The highest BCUT2D eigenvalue weighted by Gasteiger charge is 2.07. The topological polar surface area (TPSA) is 34.4 Å². The standard InChI is InChI=1S/C15H19NO2/c1-11-4-5-14(12(2)8-11)18-10-15-13(9-16-3)6-7-17-15/h4-8,16H,9-10H2,1-3H3. The van der Waals surface area contributed by atoms with Crippen molar-refractivity contribution in [3.63, 3.8) is 0 Å². The summed E-state index contributed by atoms with van der Waals surface area (Å²) in [7, 11) is 1.92. The molecule has 0 radical (unpaired) electrons. The fourth-order valence-electron chi connectivity index (χ4n) is 1.95. The maximum absolute atomic E-state index is 5.80. The van der Waals surface area contributed by atoms with E-state index in [4.69, 9.17) is 9.15 Å². The van der Waals surface area contributed by atoms with E-state index in [1.54, 1.807) is 6.26 Å². The third-order valence-corrected chi connectivity index (χ3v) is 2.89. The van der Waals surface area contributed by atoms with Crippen molar-refractivity contribution in [1.82, 2.24) is 5.32 Å². The van der Waals surface area contributed by atoms with Crippen molar-refractivity contribution in [2.45, 2.75) is 27.0 Å². The lowest BCUT2D eigenvalue weighted by molar-refractivity contribution is 0.266. The van der Waals surface area contributed by atoms with Gasteiger partial charge in [-0.15, -0.1) is 0 Å². The summed E-state index contributed by atoms with van der Waals surface area (Å²) in [4.78, 5) is 0. The Hall–Kier alpha value is -1.74. The molecule has 1 N–H and O–H groups in total. The van der Waals surface area contributed by atoms with Gasteiger partial charge in [-0.1, -0.05) is 17.7 Å². The third-order valence-electron chi connectivity index (χ3n) is 2.89. The molecular formula is C15H19NO2. The maximum atomic E-state index is 5.80. The van der Waals surface area contributed by atoms with Crippen LogP contribution < -0.4 is 10.1 Å². The fourth-order valence-corrected chi connectivity index (χ4v) is 1.95. The van der Waals surface area contributed by atoms with E-state index in [-0.39, 0.29) is 0 Å². The highest BCUT2D eigenvalue weighted by atomic mass is 16.5. The van der Waals surface area contributed by atoms with Crippen LogP contribution in [0.25, 0.3) is 0 Å². The van der Waals surface area contributed by atoms with Crippen LogP contribution in [-0.4, -0.2) is 7.05 Å². The summed E-state index contributed by atoms with van der Waals surface area (Å²) in [6.07, 6.45) is 1.70. The average molecular weight is 245 g/mol. The van der Waals surface area contributed by atoms with Crippen LogP contribution in [-0.2, 0) is 13.2 Å². The average Bonchev–Trinajstić information content (AvgIpc) is 2.76. The van der Waals surface area contributed by atoms with Gasteiger partial charge in [0.2, 0.25) is 0 Å². The van der Waals surface area contributed by atoms with Gasteiger partial charge in [-0.3, -0.25) is 0 Å². The first-order valence-corrected chi connectivity index (χ1v) is 6.10. The van der Waals surface area contributed by atoms with Gasteiger partial charge in [0, 0.05) is 12.1 Å². The molecule has 1 heterocycles. The predicted octanol–water partition coefficient (Wildman–Crippen LogP) is 3.19. The van der Waals surface area contributed by atoms with Gasteiger partial charge in [-0.25, -0.2) is 0 Å². The normalized spacial score (nSPS) is 10.6. The van der Waals surface area contributed by atoms with Crippen molar-refractivity contribution in [2.75, 3.05) is 7.05 Å². The van der Waals surface area contributed by atoms with Crippen LogP contribution in [0.4, 0.5) is 0 Å². The van der Waals surface area contributed by atoms with E-state index in [1.807, 2.05) is 19.2 Å². The molecule has 96 valence electrons. The molecule has 0 aliphatic rings. The smallest absolute Gasteiger partial charge is 0.146 e. The summed E-state index contributed by atoms with van der Waals surface area (Å²) in [6, 6.07) is 8.15. The molecule has 0 saturated heterocycles. The zero-order valence-electron chi connectivity index (χ0n) is 11.1. The molecule has 0 fully saturated rings. The van der Waals surface area contributed by atoms with Gasteiger partial charge in [0.25, 0.3) is 0 Å². The zero-order valence-corrected chi connectivity index (χ0v) is 11.1. The molecule has 1 aromatic carbocycles. The zero-order chi connectivity index (χ0) is 13.0. The Labute approximate surface area is 108 Å².